The van der Waals surface area contributed by atoms with E-state index in [-0.39, 0.29) is 16.9 Å². The molecule has 0 fully saturated rings. The van der Waals surface area contributed by atoms with Crippen LogP contribution in [0, 0.1) is 5.82 Å². The smallest absolute Gasteiger partial charge is 0.335 e. The summed E-state index contributed by atoms with van der Waals surface area (Å²) in [6, 6.07) is 9.51. The first-order chi connectivity index (χ1) is 8.08. The highest BCUT2D eigenvalue weighted by molar-refractivity contribution is 5.89. The molecule has 0 unspecified atom stereocenters. The van der Waals surface area contributed by atoms with Crippen LogP contribution >= 0.6 is 0 Å². The lowest BCUT2D eigenvalue weighted by atomic mass is 10.0. The van der Waals surface area contributed by atoms with Gasteiger partial charge < -0.3 is 10.2 Å². The Morgan fingerprint density at radius 3 is 2.59 bits per heavy atom. The average molecular weight is 232 g/mol. The zero-order chi connectivity index (χ0) is 12.4. The molecule has 0 radical (unpaired) electrons. The van der Waals surface area contributed by atoms with Crippen molar-refractivity contribution in [3.8, 4) is 16.9 Å². The Hall–Kier alpha value is -2.36. The van der Waals surface area contributed by atoms with Gasteiger partial charge in [-0.25, -0.2) is 9.18 Å². The fraction of sp³-hybridized carbons (Fsp3) is 0. The van der Waals surface area contributed by atoms with Crippen LogP contribution in [-0.4, -0.2) is 16.2 Å². The van der Waals surface area contributed by atoms with Crippen molar-refractivity contribution in [2.24, 2.45) is 0 Å². The number of carboxylic acids is 1. The molecule has 0 saturated carbocycles. The maximum atomic E-state index is 13.1. The van der Waals surface area contributed by atoms with E-state index < -0.39 is 11.8 Å². The average Bonchev–Trinajstić information content (AvgIpc) is 2.32. The van der Waals surface area contributed by atoms with Gasteiger partial charge in [0, 0.05) is 5.56 Å². The Bertz CT molecular complexity index is 579. The Morgan fingerprint density at radius 2 is 1.88 bits per heavy atom. The monoisotopic (exact) mass is 232 g/mol. The van der Waals surface area contributed by atoms with Crippen LogP contribution in [-0.2, 0) is 0 Å². The summed E-state index contributed by atoms with van der Waals surface area (Å²) >= 11 is 0. The van der Waals surface area contributed by atoms with E-state index in [0.29, 0.717) is 5.56 Å². The van der Waals surface area contributed by atoms with Crippen molar-refractivity contribution < 1.29 is 19.4 Å². The molecule has 4 heteroatoms. The second kappa shape index (κ2) is 4.25. The molecule has 0 spiro atoms. The Labute approximate surface area is 96.8 Å². The minimum Gasteiger partial charge on any atom is -0.507 e. The third kappa shape index (κ3) is 2.25. The molecule has 0 bridgehead atoms. The van der Waals surface area contributed by atoms with Gasteiger partial charge in [0.05, 0.1) is 5.56 Å². The molecule has 2 aromatic rings. The Morgan fingerprint density at radius 1 is 1.12 bits per heavy atom. The molecule has 0 atom stereocenters. The molecular weight excluding hydrogens is 223 g/mol. The molecule has 0 amide bonds. The van der Waals surface area contributed by atoms with Gasteiger partial charge in [-0.05, 0) is 35.9 Å². The fourth-order valence-corrected chi connectivity index (χ4v) is 1.56. The molecule has 2 aromatic carbocycles. The summed E-state index contributed by atoms with van der Waals surface area (Å²) in [5.74, 6) is -1.64. The van der Waals surface area contributed by atoms with E-state index in [0.717, 1.165) is 12.1 Å². The lowest BCUT2D eigenvalue weighted by Gasteiger charge is -2.05. The second-order valence-corrected chi connectivity index (χ2v) is 3.55. The summed E-state index contributed by atoms with van der Waals surface area (Å²) in [6.07, 6.45) is 0. The molecule has 0 heterocycles. The predicted molar refractivity (Wildman–Crippen MR) is 60.5 cm³/mol. The number of aromatic hydroxyl groups is 1. The quantitative estimate of drug-likeness (QED) is 0.836. The Kier molecular flexibility index (Phi) is 2.78. The highest BCUT2D eigenvalue weighted by Crippen LogP contribution is 2.30. The Balaban J connectivity index is 2.56. The van der Waals surface area contributed by atoms with Gasteiger partial charge in [-0.15, -0.1) is 0 Å². The van der Waals surface area contributed by atoms with E-state index in [9.17, 15) is 14.3 Å². The molecule has 0 aliphatic carbocycles. The summed E-state index contributed by atoms with van der Waals surface area (Å²) in [7, 11) is 0. The lowest BCUT2D eigenvalue weighted by Crippen LogP contribution is -1.95. The number of benzene rings is 2. The van der Waals surface area contributed by atoms with Crippen molar-refractivity contribution in [1.29, 1.82) is 0 Å². The van der Waals surface area contributed by atoms with Gasteiger partial charge in [0.2, 0.25) is 0 Å². The number of phenolic OH excluding ortho intramolecular Hbond substituents is 1. The van der Waals surface area contributed by atoms with Crippen molar-refractivity contribution in [3.05, 3.63) is 53.8 Å². The fourth-order valence-electron chi connectivity index (χ4n) is 1.56. The van der Waals surface area contributed by atoms with E-state index in [1.54, 1.807) is 12.1 Å². The normalized spacial score (nSPS) is 10.2. The summed E-state index contributed by atoms with van der Waals surface area (Å²) in [5.41, 5.74) is 0.821. The van der Waals surface area contributed by atoms with Crippen LogP contribution in [0.3, 0.4) is 0 Å². The van der Waals surface area contributed by atoms with E-state index in [1.165, 1.54) is 18.2 Å². The van der Waals surface area contributed by atoms with Gasteiger partial charge in [-0.1, -0.05) is 12.1 Å². The molecular formula is C13H9FO3. The lowest BCUT2D eigenvalue weighted by molar-refractivity contribution is 0.0697. The highest BCUT2D eigenvalue weighted by atomic mass is 19.1. The number of hydrogen-bond acceptors (Lipinski definition) is 2. The standard InChI is InChI=1S/C13H9FO3/c14-10-4-5-12(15)11(7-10)8-2-1-3-9(6-8)13(16)17/h1-7,15H,(H,16,17). The number of halogens is 1. The first-order valence-corrected chi connectivity index (χ1v) is 4.90. The van der Waals surface area contributed by atoms with Crippen LogP contribution in [0.5, 0.6) is 5.75 Å². The third-order valence-corrected chi connectivity index (χ3v) is 2.38. The number of phenols is 1. The predicted octanol–water partition coefficient (Wildman–Crippen LogP) is 2.90. The number of carboxylic acid groups (broad SMARTS) is 1. The molecule has 0 saturated heterocycles. The maximum absolute atomic E-state index is 13.1. The molecule has 0 aliphatic rings. The third-order valence-electron chi connectivity index (χ3n) is 2.38. The van der Waals surface area contributed by atoms with Crippen molar-refractivity contribution in [1.82, 2.24) is 0 Å². The largest absolute Gasteiger partial charge is 0.507 e. The van der Waals surface area contributed by atoms with Gasteiger partial charge in [-0.2, -0.15) is 0 Å². The van der Waals surface area contributed by atoms with Crippen LogP contribution in [0.4, 0.5) is 4.39 Å². The first-order valence-electron chi connectivity index (χ1n) is 4.90. The molecule has 0 aromatic heterocycles. The van der Waals surface area contributed by atoms with Gasteiger partial charge in [0.15, 0.2) is 0 Å². The number of aromatic carboxylic acids is 1. The summed E-state index contributed by atoms with van der Waals surface area (Å²) in [4.78, 5) is 10.8. The van der Waals surface area contributed by atoms with Crippen molar-refractivity contribution in [3.63, 3.8) is 0 Å². The number of hydrogen-bond donors (Lipinski definition) is 2. The molecule has 0 aliphatic heterocycles. The maximum Gasteiger partial charge on any atom is 0.335 e. The van der Waals surface area contributed by atoms with E-state index >= 15 is 0 Å². The van der Waals surface area contributed by atoms with Crippen LogP contribution in [0.15, 0.2) is 42.5 Å². The first kappa shape index (κ1) is 11.1. The highest BCUT2D eigenvalue weighted by Gasteiger charge is 2.08. The van der Waals surface area contributed by atoms with Crippen molar-refractivity contribution in [2.45, 2.75) is 0 Å². The SMILES string of the molecule is O=C(O)c1cccc(-c2cc(F)ccc2O)c1. The molecule has 3 nitrogen and oxygen atoms in total. The zero-order valence-electron chi connectivity index (χ0n) is 8.72. The van der Waals surface area contributed by atoms with Crippen molar-refractivity contribution in [2.75, 3.05) is 0 Å². The second-order valence-electron chi connectivity index (χ2n) is 3.55. The van der Waals surface area contributed by atoms with E-state index in [1.807, 2.05) is 0 Å². The minimum atomic E-state index is -1.07. The molecule has 17 heavy (non-hydrogen) atoms. The van der Waals surface area contributed by atoms with Crippen molar-refractivity contribution >= 4 is 5.97 Å². The van der Waals surface area contributed by atoms with Crippen LogP contribution in [0.1, 0.15) is 10.4 Å². The van der Waals surface area contributed by atoms with E-state index in [4.69, 9.17) is 5.11 Å². The van der Waals surface area contributed by atoms with Crippen LogP contribution < -0.4 is 0 Å². The van der Waals surface area contributed by atoms with E-state index in [2.05, 4.69) is 0 Å². The zero-order valence-corrected chi connectivity index (χ0v) is 8.72. The van der Waals surface area contributed by atoms with Crippen LogP contribution in [0.25, 0.3) is 11.1 Å². The van der Waals surface area contributed by atoms with Gasteiger partial charge in [0.1, 0.15) is 11.6 Å². The number of rotatable bonds is 2. The topological polar surface area (TPSA) is 57.5 Å². The van der Waals surface area contributed by atoms with Gasteiger partial charge in [0.25, 0.3) is 0 Å². The van der Waals surface area contributed by atoms with Gasteiger partial charge in [-0.3, -0.25) is 0 Å². The molecule has 2 N–H and O–H groups in total. The molecule has 86 valence electrons. The summed E-state index contributed by atoms with van der Waals surface area (Å²) in [5, 5.41) is 18.4. The summed E-state index contributed by atoms with van der Waals surface area (Å²) in [6.45, 7) is 0. The molecule has 2 rings (SSSR count). The minimum absolute atomic E-state index is 0.0889. The van der Waals surface area contributed by atoms with Gasteiger partial charge >= 0.3 is 5.97 Å². The summed E-state index contributed by atoms with van der Waals surface area (Å²) < 4.78 is 13.1. The number of carbonyl (C=O) groups is 1. The van der Waals surface area contributed by atoms with Crippen LogP contribution in [0.2, 0.25) is 0 Å².